The highest BCUT2D eigenvalue weighted by atomic mass is 16.6. The molecule has 0 radical (unpaired) electrons. The first-order valence-electron chi connectivity index (χ1n) is 5.66. The SMILES string of the molecule is Cc1c(NCCC2CC2)cccc1[N+](=O)[O-]. The standard InChI is InChI=1S/C12H16N2O2/c1-9-11(13-8-7-10-5-6-10)3-2-4-12(9)14(15)16/h2-4,10,13H,5-8H2,1H3. The Labute approximate surface area is 94.8 Å². The molecular formula is C12H16N2O2. The molecule has 4 nitrogen and oxygen atoms in total. The quantitative estimate of drug-likeness (QED) is 0.612. The lowest BCUT2D eigenvalue weighted by Gasteiger charge is -2.08. The highest BCUT2D eigenvalue weighted by Gasteiger charge is 2.20. The van der Waals surface area contributed by atoms with Gasteiger partial charge in [-0.1, -0.05) is 18.9 Å². The first-order chi connectivity index (χ1) is 7.68. The fourth-order valence-corrected chi connectivity index (χ4v) is 1.83. The number of hydrogen-bond acceptors (Lipinski definition) is 3. The number of anilines is 1. The maximum Gasteiger partial charge on any atom is 0.274 e. The average molecular weight is 220 g/mol. The molecule has 1 fully saturated rings. The molecule has 4 heteroatoms. The first-order valence-corrected chi connectivity index (χ1v) is 5.66. The van der Waals surface area contributed by atoms with Gasteiger partial charge in [0.25, 0.3) is 5.69 Å². The van der Waals surface area contributed by atoms with Crippen molar-refractivity contribution in [3.05, 3.63) is 33.9 Å². The third kappa shape index (κ3) is 2.51. The van der Waals surface area contributed by atoms with Crippen LogP contribution in [0.4, 0.5) is 11.4 Å². The molecule has 0 bridgehead atoms. The maximum atomic E-state index is 10.7. The minimum atomic E-state index is -0.332. The molecule has 1 saturated carbocycles. The van der Waals surface area contributed by atoms with Gasteiger partial charge in [0, 0.05) is 23.9 Å². The number of rotatable bonds is 5. The fraction of sp³-hybridized carbons (Fsp3) is 0.500. The Morgan fingerprint density at radius 1 is 1.50 bits per heavy atom. The van der Waals surface area contributed by atoms with E-state index >= 15 is 0 Å². The normalized spacial score (nSPS) is 14.8. The summed E-state index contributed by atoms with van der Waals surface area (Å²) in [6, 6.07) is 5.17. The van der Waals surface area contributed by atoms with E-state index in [2.05, 4.69) is 5.32 Å². The van der Waals surface area contributed by atoms with Crippen molar-refractivity contribution in [3.8, 4) is 0 Å². The summed E-state index contributed by atoms with van der Waals surface area (Å²) in [6.07, 6.45) is 3.85. The second-order valence-electron chi connectivity index (χ2n) is 4.37. The monoisotopic (exact) mass is 220 g/mol. The first kappa shape index (κ1) is 10.9. The van der Waals surface area contributed by atoms with Crippen LogP contribution in [-0.4, -0.2) is 11.5 Å². The van der Waals surface area contributed by atoms with Crippen molar-refractivity contribution < 1.29 is 4.92 Å². The van der Waals surface area contributed by atoms with Crippen LogP contribution in [0.1, 0.15) is 24.8 Å². The summed E-state index contributed by atoms with van der Waals surface area (Å²) in [5.74, 6) is 0.881. The predicted molar refractivity (Wildman–Crippen MR) is 63.7 cm³/mol. The van der Waals surface area contributed by atoms with Crippen molar-refractivity contribution in [1.82, 2.24) is 0 Å². The largest absolute Gasteiger partial charge is 0.385 e. The molecule has 0 aromatic heterocycles. The van der Waals surface area contributed by atoms with Crippen LogP contribution in [-0.2, 0) is 0 Å². The zero-order valence-corrected chi connectivity index (χ0v) is 9.40. The van der Waals surface area contributed by atoms with Crippen molar-refractivity contribution in [2.75, 3.05) is 11.9 Å². The zero-order valence-electron chi connectivity index (χ0n) is 9.40. The molecule has 0 heterocycles. The molecule has 0 spiro atoms. The van der Waals surface area contributed by atoms with Crippen molar-refractivity contribution >= 4 is 11.4 Å². The Hall–Kier alpha value is -1.58. The second kappa shape index (κ2) is 4.51. The van der Waals surface area contributed by atoms with Gasteiger partial charge in [0.15, 0.2) is 0 Å². The maximum absolute atomic E-state index is 10.7. The molecule has 2 rings (SSSR count). The molecule has 0 unspecified atom stereocenters. The Bertz CT molecular complexity index is 400. The van der Waals surface area contributed by atoms with Crippen LogP contribution in [0.15, 0.2) is 18.2 Å². The molecule has 0 aliphatic heterocycles. The molecule has 0 atom stereocenters. The molecule has 0 amide bonds. The number of benzene rings is 1. The summed E-state index contributed by atoms with van der Waals surface area (Å²) in [5.41, 5.74) is 1.80. The summed E-state index contributed by atoms with van der Waals surface area (Å²) in [5, 5.41) is 14.0. The number of nitrogens with one attached hydrogen (secondary N) is 1. The van der Waals surface area contributed by atoms with E-state index in [-0.39, 0.29) is 10.6 Å². The van der Waals surface area contributed by atoms with E-state index in [1.54, 1.807) is 19.1 Å². The molecule has 1 aliphatic rings. The van der Waals surface area contributed by atoms with Gasteiger partial charge in [-0.3, -0.25) is 10.1 Å². The minimum absolute atomic E-state index is 0.191. The number of nitrogens with zero attached hydrogens (tertiary/aromatic N) is 1. The molecule has 1 N–H and O–H groups in total. The lowest BCUT2D eigenvalue weighted by Crippen LogP contribution is -2.04. The van der Waals surface area contributed by atoms with Crippen LogP contribution < -0.4 is 5.32 Å². The van der Waals surface area contributed by atoms with Crippen LogP contribution in [0.3, 0.4) is 0 Å². The zero-order chi connectivity index (χ0) is 11.5. The van der Waals surface area contributed by atoms with E-state index in [4.69, 9.17) is 0 Å². The van der Waals surface area contributed by atoms with Gasteiger partial charge in [0.05, 0.1) is 4.92 Å². The van der Waals surface area contributed by atoms with Crippen molar-refractivity contribution in [2.45, 2.75) is 26.2 Å². The Kier molecular flexibility index (Phi) is 3.08. The smallest absolute Gasteiger partial charge is 0.274 e. The second-order valence-corrected chi connectivity index (χ2v) is 4.37. The Balaban J connectivity index is 2.01. The van der Waals surface area contributed by atoms with Gasteiger partial charge in [0.2, 0.25) is 0 Å². The summed E-state index contributed by atoms with van der Waals surface area (Å²) in [4.78, 5) is 10.4. The number of nitro groups is 1. The fourth-order valence-electron chi connectivity index (χ4n) is 1.83. The van der Waals surface area contributed by atoms with Gasteiger partial charge in [-0.15, -0.1) is 0 Å². The van der Waals surface area contributed by atoms with Gasteiger partial charge >= 0.3 is 0 Å². The van der Waals surface area contributed by atoms with Crippen molar-refractivity contribution in [1.29, 1.82) is 0 Å². The van der Waals surface area contributed by atoms with E-state index in [1.165, 1.54) is 19.3 Å². The summed E-state index contributed by atoms with van der Waals surface area (Å²) in [7, 11) is 0. The van der Waals surface area contributed by atoms with Crippen LogP contribution in [0.2, 0.25) is 0 Å². The summed E-state index contributed by atoms with van der Waals surface area (Å²) >= 11 is 0. The average Bonchev–Trinajstić information content (AvgIpc) is 3.04. The third-order valence-electron chi connectivity index (χ3n) is 3.07. The Morgan fingerprint density at radius 3 is 2.88 bits per heavy atom. The van der Waals surface area contributed by atoms with Gasteiger partial charge in [-0.25, -0.2) is 0 Å². The van der Waals surface area contributed by atoms with Gasteiger partial charge in [0.1, 0.15) is 0 Å². The third-order valence-corrected chi connectivity index (χ3v) is 3.07. The van der Waals surface area contributed by atoms with Crippen LogP contribution >= 0.6 is 0 Å². The highest BCUT2D eigenvalue weighted by molar-refractivity contribution is 5.59. The van der Waals surface area contributed by atoms with Gasteiger partial charge < -0.3 is 5.32 Å². The van der Waals surface area contributed by atoms with E-state index in [1.807, 2.05) is 6.07 Å². The molecule has 1 aromatic rings. The topological polar surface area (TPSA) is 55.2 Å². The number of nitro benzene ring substituents is 1. The summed E-state index contributed by atoms with van der Waals surface area (Å²) in [6.45, 7) is 2.70. The molecule has 1 aliphatic carbocycles. The van der Waals surface area contributed by atoms with Crippen LogP contribution in [0.25, 0.3) is 0 Å². The van der Waals surface area contributed by atoms with Crippen LogP contribution in [0.5, 0.6) is 0 Å². The van der Waals surface area contributed by atoms with E-state index in [9.17, 15) is 10.1 Å². The molecule has 16 heavy (non-hydrogen) atoms. The molecular weight excluding hydrogens is 204 g/mol. The Morgan fingerprint density at radius 2 is 2.25 bits per heavy atom. The van der Waals surface area contributed by atoms with E-state index < -0.39 is 0 Å². The minimum Gasteiger partial charge on any atom is -0.385 e. The highest BCUT2D eigenvalue weighted by Crippen LogP contribution is 2.32. The predicted octanol–water partition coefficient (Wildman–Crippen LogP) is 3.12. The van der Waals surface area contributed by atoms with E-state index in [0.717, 1.165) is 23.7 Å². The molecule has 86 valence electrons. The molecule has 0 saturated heterocycles. The number of hydrogen-bond donors (Lipinski definition) is 1. The van der Waals surface area contributed by atoms with Crippen molar-refractivity contribution in [3.63, 3.8) is 0 Å². The summed E-state index contributed by atoms with van der Waals surface area (Å²) < 4.78 is 0. The van der Waals surface area contributed by atoms with Gasteiger partial charge in [-0.05, 0) is 25.3 Å². The lowest BCUT2D eigenvalue weighted by atomic mass is 10.1. The lowest BCUT2D eigenvalue weighted by molar-refractivity contribution is -0.385. The van der Waals surface area contributed by atoms with Gasteiger partial charge in [-0.2, -0.15) is 0 Å². The van der Waals surface area contributed by atoms with E-state index in [0.29, 0.717) is 0 Å². The van der Waals surface area contributed by atoms with Crippen LogP contribution in [0, 0.1) is 23.0 Å². The van der Waals surface area contributed by atoms with Crippen molar-refractivity contribution in [2.24, 2.45) is 5.92 Å². The molecule has 1 aromatic carbocycles.